The van der Waals surface area contributed by atoms with Gasteiger partial charge in [0, 0.05) is 0 Å². The fourth-order valence-corrected chi connectivity index (χ4v) is 2.89. The molecule has 1 aromatic heterocycles. The summed E-state index contributed by atoms with van der Waals surface area (Å²) >= 11 is 0. The first-order valence-electron chi connectivity index (χ1n) is 6.51. The molecule has 0 saturated heterocycles. The van der Waals surface area contributed by atoms with Gasteiger partial charge in [-0.3, -0.25) is 4.98 Å². The number of hydrogen-bond donors (Lipinski definition) is 1. The van der Waals surface area contributed by atoms with E-state index in [1.807, 2.05) is 6.92 Å². The van der Waals surface area contributed by atoms with E-state index < -0.39 is 5.60 Å². The van der Waals surface area contributed by atoms with Crippen LogP contribution in [0.4, 0.5) is 4.39 Å². The number of aromatic nitrogens is 1. The fourth-order valence-electron chi connectivity index (χ4n) is 2.89. The summed E-state index contributed by atoms with van der Waals surface area (Å²) in [5, 5.41) is 10.8. The molecule has 0 aliphatic heterocycles. The van der Waals surface area contributed by atoms with Gasteiger partial charge in [-0.15, -0.1) is 0 Å². The Bertz CT molecular complexity index is 359. The Labute approximate surface area is 102 Å². The van der Waals surface area contributed by atoms with Crippen LogP contribution in [-0.2, 0) is 5.60 Å². The molecule has 17 heavy (non-hydrogen) atoms. The van der Waals surface area contributed by atoms with Crippen molar-refractivity contribution in [3.63, 3.8) is 0 Å². The Hall–Kier alpha value is -0.960. The molecule has 2 nitrogen and oxygen atoms in total. The first kappa shape index (κ1) is 12.5. The van der Waals surface area contributed by atoms with Gasteiger partial charge < -0.3 is 5.11 Å². The molecule has 1 aromatic rings. The minimum absolute atomic E-state index is 0.263. The van der Waals surface area contributed by atoms with Crippen LogP contribution in [0.3, 0.4) is 0 Å². The van der Waals surface area contributed by atoms with Gasteiger partial charge in [0.1, 0.15) is 11.4 Å². The first-order chi connectivity index (χ1) is 8.16. The van der Waals surface area contributed by atoms with Crippen LogP contribution >= 0.6 is 0 Å². The Morgan fingerprint density at radius 1 is 1.35 bits per heavy atom. The lowest BCUT2D eigenvalue weighted by atomic mass is 9.74. The Balaban J connectivity index is 2.25. The van der Waals surface area contributed by atoms with Crippen molar-refractivity contribution in [2.75, 3.05) is 0 Å². The monoisotopic (exact) mass is 237 g/mol. The molecule has 0 radical (unpaired) electrons. The van der Waals surface area contributed by atoms with Gasteiger partial charge in [0.2, 0.25) is 0 Å². The van der Waals surface area contributed by atoms with E-state index in [2.05, 4.69) is 4.98 Å². The summed E-state index contributed by atoms with van der Waals surface area (Å²) in [5.74, 6) is -0.0879. The second-order valence-electron chi connectivity index (χ2n) is 4.97. The van der Waals surface area contributed by atoms with E-state index in [0.717, 1.165) is 12.8 Å². The summed E-state index contributed by atoms with van der Waals surface area (Å²) in [6.45, 7) is 1.97. The minimum atomic E-state index is -0.881. The molecular weight excluding hydrogens is 217 g/mol. The molecule has 0 spiro atoms. The Morgan fingerprint density at radius 2 is 2.06 bits per heavy atom. The van der Waals surface area contributed by atoms with Crippen molar-refractivity contribution in [2.24, 2.45) is 5.92 Å². The highest BCUT2D eigenvalue weighted by Gasteiger charge is 2.38. The zero-order chi connectivity index (χ0) is 12.3. The highest BCUT2D eigenvalue weighted by Crippen LogP contribution is 2.40. The zero-order valence-corrected chi connectivity index (χ0v) is 10.3. The molecule has 1 fully saturated rings. The van der Waals surface area contributed by atoms with Crippen molar-refractivity contribution >= 4 is 0 Å². The van der Waals surface area contributed by atoms with E-state index in [1.54, 1.807) is 6.07 Å². The van der Waals surface area contributed by atoms with Crippen molar-refractivity contribution < 1.29 is 9.50 Å². The predicted molar refractivity (Wildman–Crippen MR) is 65.0 cm³/mol. The largest absolute Gasteiger partial charge is 0.383 e. The molecule has 3 heteroatoms. The maximum absolute atomic E-state index is 12.9. The van der Waals surface area contributed by atoms with Crippen LogP contribution in [0.1, 0.15) is 51.1 Å². The summed E-state index contributed by atoms with van der Waals surface area (Å²) in [6, 6.07) is 3.00. The van der Waals surface area contributed by atoms with E-state index in [1.165, 1.54) is 31.5 Å². The van der Waals surface area contributed by atoms with Crippen LogP contribution in [0, 0.1) is 11.7 Å². The average Bonchev–Trinajstić information content (AvgIpc) is 2.40. The third-order valence-electron chi connectivity index (χ3n) is 3.99. The summed E-state index contributed by atoms with van der Waals surface area (Å²) in [7, 11) is 0. The summed E-state index contributed by atoms with van der Waals surface area (Å²) in [5.41, 5.74) is -0.262. The quantitative estimate of drug-likeness (QED) is 0.874. The topological polar surface area (TPSA) is 33.1 Å². The van der Waals surface area contributed by atoms with Gasteiger partial charge in [-0.1, -0.05) is 26.2 Å². The van der Waals surface area contributed by atoms with Gasteiger partial charge in [0.05, 0.1) is 11.9 Å². The van der Waals surface area contributed by atoms with Crippen molar-refractivity contribution in [3.8, 4) is 0 Å². The van der Waals surface area contributed by atoms with Crippen molar-refractivity contribution in [3.05, 3.63) is 29.8 Å². The van der Waals surface area contributed by atoms with Gasteiger partial charge in [0.25, 0.3) is 0 Å². The lowest BCUT2D eigenvalue weighted by molar-refractivity contribution is -0.0458. The van der Waals surface area contributed by atoms with Crippen LogP contribution < -0.4 is 0 Å². The second kappa shape index (κ2) is 5.13. The zero-order valence-electron chi connectivity index (χ0n) is 10.3. The molecular formula is C14H20FNO. The summed E-state index contributed by atoms with van der Waals surface area (Å²) in [4.78, 5) is 4.07. The Morgan fingerprint density at radius 3 is 2.59 bits per heavy atom. The molecule has 1 aliphatic rings. The molecule has 94 valence electrons. The van der Waals surface area contributed by atoms with Gasteiger partial charge in [-0.25, -0.2) is 4.39 Å². The normalized spacial score (nSPS) is 21.1. The van der Waals surface area contributed by atoms with Gasteiger partial charge in [-0.2, -0.15) is 0 Å². The first-order valence-corrected chi connectivity index (χ1v) is 6.51. The molecule has 0 bridgehead atoms. The van der Waals surface area contributed by atoms with Crippen molar-refractivity contribution in [2.45, 2.75) is 51.0 Å². The van der Waals surface area contributed by atoms with Crippen LogP contribution in [0.15, 0.2) is 18.3 Å². The number of hydrogen-bond acceptors (Lipinski definition) is 2. The third-order valence-corrected chi connectivity index (χ3v) is 3.99. The van der Waals surface area contributed by atoms with E-state index >= 15 is 0 Å². The molecule has 0 amide bonds. The average molecular weight is 237 g/mol. The maximum atomic E-state index is 12.9. The number of rotatable bonds is 3. The molecule has 1 N–H and O–H groups in total. The molecule has 1 aliphatic carbocycles. The predicted octanol–water partition coefficient (Wildman–Crippen LogP) is 3.40. The summed E-state index contributed by atoms with van der Waals surface area (Å²) < 4.78 is 12.9. The van der Waals surface area contributed by atoms with E-state index in [-0.39, 0.29) is 11.7 Å². The van der Waals surface area contributed by atoms with Crippen LogP contribution in [0.5, 0.6) is 0 Å². The van der Waals surface area contributed by atoms with E-state index in [4.69, 9.17) is 0 Å². The van der Waals surface area contributed by atoms with Gasteiger partial charge >= 0.3 is 0 Å². The SMILES string of the molecule is CCC(O)(c1ccc(F)cn1)C1CCCCC1. The standard InChI is InChI=1S/C14H20FNO/c1-2-14(17,11-6-4-3-5-7-11)13-9-8-12(15)10-16-13/h8-11,17H,2-7H2,1H3. The Kier molecular flexibility index (Phi) is 3.77. The molecule has 0 aromatic carbocycles. The van der Waals surface area contributed by atoms with E-state index in [0.29, 0.717) is 12.1 Å². The number of halogens is 1. The lowest BCUT2D eigenvalue weighted by Crippen LogP contribution is -2.36. The molecule has 2 rings (SSSR count). The maximum Gasteiger partial charge on any atom is 0.141 e. The minimum Gasteiger partial charge on any atom is -0.383 e. The van der Waals surface area contributed by atoms with Crippen molar-refractivity contribution in [1.29, 1.82) is 0 Å². The van der Waals surface area contributed by atoms with E-state index in [9.17, 15) is 9.50 Å². The molecule has 1 heterocycles. The van der Waals surface area contributed by atoms with Crippen LogP contribution in [0.2, 0.25) is 0 Å². The fraction of sp³-hybridized carbons (Fsp3) is 0.643. The highest BCUT2D eigenvalue weighted by atomic mass is 19.1. The molecule has 1 saturated carbocycles. The molecule has 1 atom stereocenters. The van der Waals surface area contributed by atoms with Crippen LogP contribution in [-0.4, -0.2) is 10.1 Å². The van der Waals surface area contributed by atoms with Gasteiger partial charge in [-0.05, 0) is 37.3 Å². The smallest absolute Gasteiger partial charge is 0.141 e. The number of nitrogens with zero attached hydrogens (tertiary/aromatic N) is 1. The highest BCUT2D eigenvalue weighted by molar-refractivity contribution is 5.15. The van der Waals surface area contributed by atoms with Crippen LogP contribution in [0.25, 0.3) is 0 Å². The molecule has 1 unspecified atom stereocenters. The second-order valence-corrected chi connectivity index (χ2v) is 4.97. The van der Waals surface area contributed by atoms with Crippen molar-refractivity contribution in [1.82, 2.24) is 4.98 Å². The van der Waals surface area contributed by atoms with Gasteiger partial charge in [0.15, 0.2) is 0 Å². The lowest BCUT2D eigenvalue weighted by Gasteiger charge is -2.37. The third kappa shape index (κ3) is 2.49. The number of aliphatic hydroxyl groups is 1. The summed E-state index contributed by atoms with van der Waals surface area (Å²) in [6.07, 6.45) is 7.53. The number of pyridine rings is 1.